The molecule has 4 heteroatoms. The zero-order valence-electron chi connectivity index (χ0n) is 10.5. The maximum Gasteiger partial charge on any atom is 0.130 e. The Morgan fingerprint density at radius 3 is 2.63 bits per heavy atom. The molecule has 0 aliphatic heterocycles. The second-order valence-electron chi connectivity index (χ2n) is 4.52. The molecule has 0 saturated carbocycles. The van der Waals surface area contributed by atoms with E-state index in [-0.39, 0.29) is 18.1 Å². The zero-order valence-corrected chi connectivity index (χ0v) is 12.0. The number of aryl methyl sites for hydroxylation is 1. The highest BCUT2D eigenvalue weighted by atomic mass is 79.9. The fourth-order valence-electron chi connectivity index (χ4n) is 1.99. The summed E-state index contributed by atoms with van der Waals surface area (Å²) in [6.45, 7) is 1.69. The topological polar surface area (TPSA) is 26.0 Å². The van der Waals surface area contributed by atoms with Crippen LogP contribution >= 0.6 is 15.9 Å². The van der Waals surface area contributed by atoms with E-state index in [1.807, 2.05) is 0 Å². The van der Waals surface area contributed by atoms with Crippen LogP contribution < -0.4 is 5.73 Å². The third-order valence-corrected chi connectivity index (χ3v) is 3.57. The van der Waals surface area contributed by atoms with Gasteiger partial charge in [0.1, 0.15) is 11.6 Å². The van der Waals surface area contributed by atoms with Gasteiger partial charge in [0.05, 0.1) is 0 Å². The Hall–Kier alpha value is -1.26. The molecular weight excluding hydrogens is 312 g/mol. The Bertz CT molecular complexity index is 599. The van der Waals surface area contributed by atoms with Crippen LogP contribution in [0.3, 0.4) is 0 Å². The van der Waals surface area contributed by atoms with Gasteiger partial charge in [-0.3, -0.25) is 0 Å². The molecule has 0 bridgehead atoms. The standard InChI is InChI=1S/C15H14BrF2N/c1-9-3-2-4-12(15(9)18)14(19)7-10-5-6-11(16)8-13(10)17/h2-6,8,14H,7,19H2,1H3. The van der Waals surface area contributed by atoms with Gasteiger partial charge < -0.3 is 5.73 Å². The van der Waals surface area contributed by atoms with Crippen LogP contribution in [0, 0.1) is 18.6 Å². The first-order valence-electron chi connectivity index (χ1n) is 5.93. The minimum Gasteiger partial charge on any atom is -0.324 e. The summed E-state index contributed by atoms with van der Waals surface area (Å²) in [7, 11) is 0. The normalized spacial score (nSPS) is 12.5. The molecular formula is C15H14BrF2N. The van der Waals surface area contributed by atoms with Gasteiger partial charge in [-0.05, 0) is 36.6 Å². The Morgan fingerprint density at radius 1 is 1.21 bits per heavy atom. The van der Waals surface area contributed by atoms with Crippen molar-refractivity contribution < 1.29 is 8.78 Å². The maximum absolute atomic E-state index is 13.9. The summed E-state index contributed by atoms with van der Waals surface area (Å²) >= 11 is 3.20. The van der Waals surface area contributed by atoms with Crippen LogP contribution in [0.15, 0.2) is 40.9 Å². The largest absolute Gasteiger partial charge is 0.324 e. The lowest BCUT2D eigenvalue weighted by Crippen LogP contribution is -2.16. The zero-order chi connectivity index (χ0) is 14.0. The molecule has 0 saturated heterocycles. The Labute approximate surface area is 119 Å². The molecule has 0 aliphatic carbocycles. The van der Waals surface area contributed by atoms with Gasteiger partial charge in [-0.25, -0.2) is 8.78 Å². The minimum atomic E-state index is -0.560. The van der Waals surface area contributed by atoms with Crippen molar-refractivity contribution in [1.29, 1.82) is 0 Å². The Morgan fingerprint density at radius 2 is 1.95 bits per heavy atom. The van der Waals surface area contributed by atoms with Gasteiger partial charge in [-0.2, -0.15) is 0 Å². The summed E-state index contributed by atoms with van der Waals surface area (Å²) in [5.41, 5.74) is 7.43. The molecule has 0 radical (unpaired) electrons. The van der Waals surface area contributed by atoms with E-state index in [1.54, 1.807) is 37.3 Å². The Balaban J connectivity index is 2.25. The molecule has 2 rings (SSSR count). The van der Waals surface area contributed by atoms with Crippen molar-refractivity contribution >= 4 is 15.9 Å². The summed E-state index contributed by atoms with van der Waals surface area (Å²) in [5.74, 6) is -0.648. The fourth-order valence-corrected chi connectivity index (χ4v) is 2.32. The molecule has 0 spiro atoms. The van der Waals surface area contributed by atoms with Crippen LogP contribution in [0.4, 0.5) is 8.78 Å². The summed E-state index contributed by atoms with van der Waals surface area (Å²) in [5, 5.41) is 0. The van der Waals surface area contributed by atoms with E-state index in [4.69, 9.17) is 5.73 Å². The van der Waals surface area contributed by atoms with Gasteiger partial charge >= 0.3 is 0 Å². The van der Waals surface area contributed by atoms with Gasteiger partial charge in [0.15, 0.2) is 0 Å². The first-order chi connectivity index (χ1) is 8.99. The third kappa shape index (κ3) is 3.19. The first-order valence-corrected chi connectivity index (χ1v) is 6.73. The SMILES string of the molecule is Cc1cccc(C(N)Cc2ccc(Br)cc2F)c1F. The molecule has 2 aromatic rings. The predicted octanol–water partition coefficient (Wildman–Crippen LogP) is 4.28. The van der Waals surface area contributed by atoms with Crippen molar-refractivity contribution in [2.45, 2.75) is 19.4 Å². The van der Waals surface area contributed by atoms with Crippen molar-refractivity contribution in [1.82, 2.24) is 0 Å². The van der Waals surface area contributed by atoms with Crippen LogP contribution in [0.1, 0.15) is 22.7 Å². The first kappa shape index (κ1) is 14.2. The van der Waals surface area contributed by atoms with Gasteiger partial charge in [-0.15, -0.1) is 0 Å². The van der Waals surface area contributed by atoms with Gasteiger partial charge in [0.25, 0.3) is 0 Å². The third-order valence-electron chi connectivity index (χ3n) is 3.08. The van der Waals surface area contributed by atoms with Gasteiger partial charge in [0.2, 0.25) is 0 Å². The average Bonchev–Trinajstić information content (AvgIpc) is 2.36. The van der Waals surface area contributed by atoms with Crippen LogP contribution in [-0.2, 0) is 6.42 Å². The van der Waals surface area contributed by atoms with E-state index >= 15 is 0 Å². The summed E-state index contributed by atoms with van der Waals surface area (Å²) in [6, 6.07) is 9.32. The van der Waals surface area contributed by atoms with Crippen LogP contribution in [-0.4, -0.2) is 0 Å². The van der Waals surface area contributed by atoms with E-state index in [9.17, 15) is 8.78 Å². The highest BCUT2D eigenvalue weighted by Gasteiger charge is 2.15. The van der Waals surface area contributed by atoms with Crippen LogP contribution in [0.2, 0.25) is 0 Å². The fraction of sp³-hybridized carbons (Fsp3) is 0.200. The summed E-state index contributed by atoms with van der Waals surface area (Å²) < 4.78 is 28.3. The smallest absolute Gasteiger partial charge is 0.130 e. The van der Waals surface area contributed by atoms with Gasteiger partial charge in [0, 0.05) is 16.1 Å². The van der Waals surface area contributed by atoms with Crippen molar-refractivity contribution in [3.8, 4) is 0 Å². The minimum absolute atomic E-state index is 0.263. The molecule has 0 fully saturated rings. The lowest BCUT2D eigenvalue weighted by molar-refractivity contribution is 0.558. The Kier molecular flexibility index (Phi) is 4.32. The number of rotatable bonds is 3. The number of hydrogen-bond acceptors (Lipinski definition) is 1. The van der Waals surface area contributed by atoms with Crippen molar-refractivity contribution in [2.24, 2.45) is 5.73 Å². The molecule has 0 amide bonds. The van der Waals surface area contributed by atoms with E-state index in [0.717, 1.165) is 0 Å². The van der Waals surface area contributed by atoms with E-state index in [1.165, 1.54) is 6.07 Å². The molecule has 2 N–H and O–H groups in total. The maximum atomic E-state index is 13.9. The molecule has 1 unspecified atom stereocenters. The lowest BCUT2D eigenvalue weighted by Gasteiger charge is -2.14. The van der Waals surface area contributed by atoms with E-state index < -0.39 is 6.04 Å². The molecule has 100 valence electrons. The molecule has 0 aliphatic rings. The van der Waals surface area contributed by atoms with Crippen molar-refractivity contribution in [3.63, 3.8) is 0 Å². The molecule has 1 atom stereocenters. The predicted molar refractivity (Wildman–Crippen MR) is 75.9 cm³/mol. The van der Waals surface area contributed by atoms with E-state index in [2.05, 4.69) is 15.9 Å². The second kappa shape index (κ2) is 5.80. The summed E-state index contributed by atoms with van der Waals surface area (Å²) in [4.78, 5) is 0. The molecule has 1 nitrogen and oxygen atoms in total. The van der Waals surface area contributed by atoms with Crippen molar-refractivity contribution in [2.75, 3.05) is 0 Å². The highest BCUT2D eigenvalue weighted by molar-refractivity contribution is 9.10. The molecule has 0 heterocycles. The quantitative estimate of drug-likeness (QED) is 0.895. The number of hydrogen-bond donors (Lipinski definition) is 1. The van der Waals surface area contributed by atoms with E-state index in [0.29, 0.717) is 21.2 Å². The average molecular weight is 326 g/mol. The highest BCUT2D eigenvalue weighted by Crippen LogP contribution is 2.23. The van der Waals surface area contributed by atoms with Crippen LogP contribution in [0.5, 0.6) is 0 Å². The van der Waals surface area contributed by atoms with Crippen molar-refractivity contribution in [3.05, 3.63) is 69.2 Å². The lowest BCUT2D eigenvalue weighted by atomic mass is 9.97. The van der Waals surface area contributed by atoms with Gasteiger partial charge in [-0.1, -0.05) is 40.2 Å². The summed E-state index contributed by atoms with van der Waals surface area (Å²) in [6.07, 6.45) is 0.263. The second-order valence-corrected chi connectivity index (χ2v) is 5.44. The molecule has 2 aromatic carbocycles. The van der Waals surface area contributed by atoms with Crippen LogP contribution in [0.25, 0.3) is 0 Å². The number of benzene rings is 2. The molecule has 0 aromatic heterocycles. The molecule has 19 heavy (non-hydrogen) atoms. The monoisotopic (exact) mass is 325 g/mol. The number of nitrogens with two attached hydrogens (primary N) is 1. The number of halogens is 3.